The molecule has 1 aromatic carbocycles. The van der Waals surface area contributed by atoms with Crippen LogP contribution in [0.2, 0.25) is 5.02 Å². The Morgan fingerprint density at radius 1 is 1.28 bits per heavy atom. The molecule has 1 saturated heterocycles. The highest BCUT2D eigenvalue weighted by Gasteiger charge is 2.15. The maximum atomic E-state index is 11.7. The molecule has 25 heavy (non-hydrogen) atoms. The highest BCUT2D eigenvalue weighted by atomic mass is 35.5. The highest BCUT2D eigenvalue weighted by molar-refractivity contribution is 6.33. The molecule has 0 bridgehead atoms. The minimum atomic E-state index is -0.424. The van der Waals surface area contributed by atoms with Crippen molar-refractivity contribution >= 4 is 34.9 Å². The Morgan fingerprint density at radius 2 is 2.04 bits per heavy atom. The minimum Gasteiger partial charge on any atom is -0.465 e. The van der Waals surface area contributed by atoms with Gasteiger partial charge < -0.3 is 19.7 Å². The second-order valence-electron chi connectivity index (χ2n) is 5.57. The number of methoxy groups -OCH3 is 1. The van der Waals surface area contributed by atoms with Crippen molar-refractivity contribution in [2.45, 2.75) is 6.92 Å². The third-order valence-corrected chi connectivity index (χ3v) is 4.14. The summed E-state index contributed by atoms with van der Waals surface area (Å²) in [6.07, 6.45) is 0. The van der Waals surface area contributed by atoms with E-state index in [9.17, 15) is 4.79 Å². The average Bonchev–Trinajstić information content (AvgIpc) is 2.63. The average molecular weight is 363 g/mol. The molecule has 0 atom stereocenters. The fraction of sp³-hybridized carbons (Fsp3) is 0.353. The number of esters is 1. The molecule has 0 spiro atoms. The number of benzene rings is 1. The van der Waals surface area contributed by atoms with Crippen LogP contribution in [0.5, 0.6) is 0 Å². The standard InChI is InChI=1S/C17H19ClN4O3/c1-11-19-15(10-16(20-11)22-5-7-25-8-6-22)21-14-9-12(17(23)24-2)3-4-13(14)18/h3-4,9-10H,5-8H2,1-2H3,(H,19,20,21). The number of carbonyl (C=O) groups is 1. The number of ether oxygens (including phenoxy) is 2. The number of nitrogens with one attached hydrogen (secondary N) is 1. The Kier molecular flexibility index (Phi) is 5.35. The Balaban J connectivity index is 1.87. The summed E-state index contributed by atoms with van der Waals surface area (Å²) in [6, 6.07) is 6.76. The van der Waals surface area contributed by atoms with Gasteiger partial charge in [-0.05, 0) is 25.1 Å². The molecule has 3 rings (SSSR count). The molecule has 7 nitrogen and oxygen atoms in total. The van der Waals surface area contributed by atoms with Crippen molar-refractivity contribution in [2.75, 3.05) is 43.6 Å². The Labute approximate surface area is 150 Å². The molecule has 2 aromatic rings. The molecule has 0 saturated carbocycles. The van der Waals surface area contributed by atoms with Crippen molar-refractivity contribution in [3.8, 4) is 0 Å². The van der Waals surface area contributed by atoms with E-state index in [2.05, 4.69) is 20.2 Å². The molecule has 1 aliphatic rings. The normalized spacial score (nSPS) is 14.3. The first kappa shape index (κ1) is 17.4. The Hall–Kier alpha value is -2.38. The Bertz CT molecular complexity index is 778. The van der Waals surface area contributed by atoms with Crippen molar-refractivity contribution in [3.63, 3.8) is 0 Å². The number of aromatic nitrogens is 2. The van der Waals surface area contributed by atoms with E-state index in [0.717, 1.165) is 18.9 Å². The lowest BCUT2D eigenvalue weighted by Crippen LogP contribution is -2.36. The number of aryl methyl sites for hydroxylation is 1. The van der Waals surface area contributed by atoms with Gasteiger partial charge in [-0.15, -0.1) is 0 Å². The van der Waals surface area contributed by atoms with Gasteiger partial charge in [-0.3, -0.25) is 0 Å². The first-order valence-corrected chi connectivity index (χ1v) is 8.28. The first-order valence-electron chi connectivity index (χ1n) is 7.90. The molecule has 0 radical (unpaired) electrons. The predicted molar refractivity (Wildman–Crippen MR) is 95.9 cm³/mol. The van der Waals surface area contributed by atoms with Gasteiger partial charge in [0.15, 0.2) is 0 Å². The van der Waals surface area contributed by atoms with Crippen molar-refractivity contribution in [2.24, 2.45) is 0 Å². The van der Waals surface area contributed by atoms with Gasteiger partial charge in [0, 0.05) is 19.2 Å². The summed E-state index contributed by atoms with van der Waals surface area (Å²) in [6.45, 7) is 4.77. The summed E-state index contributed by atoms with van der Waals surface area (Å²) < 4.78 is 10.1. The lowest BCUT2D eigenvalue weighted by atomic mass is 10.2. The molecule has 1 N–H and O–H groups in total. The van der Waals surface area contributed by atoms with Crippen LogP contribution in [0.4, 0.5) is 17.3 Å². The van der Waals surface area contributed by atoms with Crippen LogP contribution >= 0.6 is 11.6 Å². The molecule has 1 aliphatic heterocycles. The molecule has 1 aromatic heterocycles. The minimum absolute atomic E-state index is 0.411. The molecule has 0 aliphatic carbocycles. The maximum absolute atomic E-state index is 11.7. The van der Waals surface area contributed by atoms with E-state index in [4.69, 9.17) is 21.1 Å². The zero-order chi connectivity index (χ0) is 17.8. The molecule has 132 valence electrons. The number of hydrogen-bond donors (Lipinski definition) is 1. The number of halogens is 1. The van der Waals surface area contributed by atoms with E-state index in [1.807, 2.05) is 13.0 Å². The highest BCUT2D eigenvalue weighted by Crippen LogP contribution is 2.27. The van der Waals surface area contributed by atoms with Crippen LogP contribution in [0, 0.1) is 6.92 Å². The van der Waals surface area contributed by atoms with Gasteiger partial charge in [0.05, 0.1) is 36.6 Å². The fourth-order valence-corrected chi connectivity index (χ4v) is 2.74. The van der Waals surface area contributed by atoms with Gasteiger partial charge in [-0.1, -0.05) is 11.6 Å². The quantitative estimate of drug-likeness (QED) is 0.838. The van der Waals surface area contributed by atoms with Crippen LogP contribution in [-0.2, 0) is 9.47 Å². The topological polar surface area (TPSA) is 76.6 Å². The summed E-state index contributed by atoms with van der Waals surface area (Å²) in [4.78, 5) is 22.8. The third kappa shape index (κ3) is 4.18. The second kappa shape index (κ2) is 7.67. The lowest BCUT2D eigenvalue weighted by Gasteiger charge is -2.28. The zero-order valence-electron chi connectivity index (χ0n) is 14.1. The molecular weight excluding hydrogens is 344 g/mol. The third-order valence-electron chi connectivity index (χ3n) is 3.81. The van der Waals surface area contributed by atoms with Crippen LogP contribution in [0.25, 0.3) is 0 Å². The summed E-state index contributed by atoms with van der Waals surface area (Å²) in [5.74, 6) is 1.66. The van der Waals surface area contributed by atoms with Crippen LogP contribution < -0.4 is 10.2 Å². The van der Waals surface area contributed by atoms with Crippen LogP contribution in [-0.4, -0.2) is 49.4 Å². The largest absolute Gasteiger partial charge is 0.465 e. The number of hydrogen-bond acceptors (Lipinski definition) is 7. The summed E-state index contributed by atoms with van der Waals surface area (Å²) in [7, 11) is 1.34. The zero-order valence-corrected chi connectivity index (χ0v) is 14.8. The first-order chi connectivity index (χ1) is 12.1. The smallest absolute Gasteiger partial charge is 0.337 e. The number of carbonyl (C=O) groups excluding carboxylic acids is 1. The van der Waals surface area contributed by atoms with E-state index in [-0.39, 0.29) is 0 Å². The number of rotatable bonds is 4. The van der Waals surface area contributed by atoms with Crippen molar-refractivity contribution in [1.29, 1.82) is 0 Å². The maximum Gasteiger partial charge on any atom is 0.337 e. The predicted octanol–water partition coefficient (Wildman–Crippen LogP) is 2.81. The van der Waals surface area contributed by atoms with Crippen LogP contribution in [0.15, 0.2) is 24.3 Å². The SMILES string of the molecule is COC(=O)c1ccc(Cl)c(Nc2cc(N3CCOCC3)nc(C)n2)c1. The van der Waals surface area contributed by atoms with Gasteiger partial charge in [-0.2, -0.15) is 0 Å². The van der Waals surface area contributed by atoms with E-state index in [1.165, 1.54) is 7.11 Å². The summed E-state index contributed by atoms with van der Waals surface area (Å²) >= 11 is 6.24. The van der Waals surface area contributed by atoms with E-state index in [0.29, 0.717) is 41.1 Å². The number of morpholine rings is 1. The molecule has 2 heterocycles. The number of nitrogens with zero attached hydrogens (tertiary/aromatic N) is 3. The molecule has 0 unspecified atom stereocenters. The summed E-state index contributed by atoms with van der Waals surface area (Å²) in [5, 5.41) is 3.65. The van der Waals surface area contributed by atoms with Gasteiger partial charge in [0.2, 0.25) is 0 Å². The van der Waals surface area contributed by atoms with Crippen LogP contribution in [0.1, 0.15) is 16.2 Å². The van der Waals surface area contributed by atoms with Gasteiger partial charge in [0.25, 0.3) is 0 Å². The molecule has 0 amide bonds. The number of anilines is 3. The van der Waals surface area contributed by atoms with Gasteiger partial charge in [-0.25, -0.2) is 14.8 Å². The second-order valence-corrected chi connectivity index (χ2v) is 5.98. The summed E-state index contributed by atoms with van der Waals surface area (Å²) in [5.41, 5.74) is 0.990. The molecular formula is C17H19ClN4O3. The van der Waals surface area contributed by atoms with Crippen molar-refractivity contribution < 1.29 is 14.3 Å². The Morgan fingerprint density at radius 3 is 2.76 bits per heavy atom. The monoisotopic (exact) mass is 362 g/mol. The van der Waals surface area contributed by atoms with Gasteiger partial charge in [0.1, 0.15) is 17.5 Å². The molecule has 1 fully saturated rings. The fourth-order valence-electron chi connectivity index (χ4n) is 2.57. The van der Waals surface area contributed by atoms with Gasteiger partial charge >= 0.3 is 5.97 Å². The van der Waals surface area contributed by atoms with E-state index in [1.54, 1.807) is 18.2 Å². The van der Waals surface area contributed by atoms with E-state index < -0.39 is 5.97 Å². The lowest BCUT2D eigenvalue weighted by molar-refractivity contribution is 0.0601. The van der Waals surface area contributed by atoms with Crippen molar-refractivity contribution in [1.82, 2.24) is 9.97 Å². The van der Waals surface area contributed by atoms with E-state index >= 15 is 0 Å². The molecule has 8 heteroatoms. The van der Waals surface area contributed by atoms with Crippen molar-refractivity contribution in [3.05, 3.63) is 40.7 Å². The van der Waals surface area contributed by atoms with Crippen LogP contribution in [0.3, 0.4) is 0 Å².